The second-order valence-corrected chi connectivity index (χ2v) is 5.43. The van der Waals surface area contributed by atoms with Crippen LogP contribution in [0.25, 0.3) is 5.69 Å². The molecule has 3 aromatic rings. The fourth-order valence-electron chi connectivity index (χ4n) is 2.69. The molecule has 0 saturated heterocycles. The van der Waals surface area contributed by atoms with E-state index in [0.717, 1.165) is 11.5 Å². The number of aromatic nitrogens is 5. The average molecular weight is 337 g/mol. The average Bonchev–Trinajstić information content (AvgIpc) is 3.02. The smallest absolute Gasteiger partial charge is 0.273 e. The molecule has 9 heteroatoms. The number of hydrogen-bond donors (Lipinski definition) is 2. The maximum atomic E-state index is 12.0. The van der Waals surface area contributed by atoms with Gasteiger partial charge in [0.1, 0.15) is 18.1 Å². The summed E-state index contributed by atoms with van der Waals surface area (Å²) < 4.78 is 7.64. The lowest BCUT2D eigenvalue weighted by molar-refractivity contribution is 0.0958. The minimum atomic E-state index is -0.324. The highest BCUT2D eigenvalue weighted by molar-refractivity contribution is 5.98. The van der Waals surface area contributed by atoms with Gasteiger partial charge in [0.15, 0.2) is 17.3 Å². The number of para-hydroxylation sites is 1. The number of rotatable bonds is 3. The van der Waals surface area contributed by atoms with E-state index < -0.39 is 0 Å². The maximum absolute atomic E-state index is 12.0. The Bertz CT molecular complexity index is 967. The number of carbonyl (C=O) groups excluding carboxylic acids is 1. The predicted octanol–water partition coefficient (Wildman–Crippen LogP) is 1.36. The SMILES string of the molecule is CNC(=O)c1nnccc1Nc1cccc2c1OCc1nc(C)nn1-2. The Morgan fingerprint density at radius 2 is 2.16 bits per heavy atom. The predicted molar refractivity (Wildman–Crippen MR) is 89.1 cm³/mol. The van der Waals surface area contributed by atoms with Crippen LogP contribution in [-0.2, 0) is 6.61 Å². The molecule has 0 spiro atoms. The fourth-order valence-corrected chi connectivity index (χ4v) is 2.69. The van der Waals surface area contributed by atoms with Crippen molar-refractivity contribution in [2.24, 2.45) is 0 Å². The van der Waals surface area contributed by atoms with Gasteiger partial charge in [-0.2, -0.15) is 10.2 Å². The molecule has 3 heterocycles. The summed E-state index contributed by atoms with van der Waals surface area (Å²) in [6.45, 7) is 2.16. The zero-order valence-electron chi connectivity index (χ0n) is 13.6. The van der Waals surface area contributed by atoms with Gasteiger partial charge >= 0.3 is 0 Å². The topological polar surface area (TPSA) is 107 Å². The van der Waals surface area contributed by atoms with Crippen LogP contribution in [0.3, 0.4) is 0 Å². The summed E-state index contributed by atoms with van der Waals surface area (Å²) >= 11 is 0. The van der Waals surface area contributed by atoms with Gasteiger partial charge in [-0.25, -0.2) is 9.67 Å². The summed E-state index contributed by atoms with van der Waals surface area (Å²) in [6.07, 6.45) is 1.52. The van der Waals surface area contributed by atoms with Crippen LogP contribution in [0.4, 0.5) is 11.4 Å². The molecule has 1 aliphatic heterocycles. The van der Waals surface area contributed by atoms with Crippen molar-refractivity contribution in [3.8, 4) is 11.4 Å². The van der Waals surface area contributed by atoms with Gasteiger partial charge in [0.2, 0.25) is 0 Å². The van der Waals surface area contributed by atoms with Crippen LogP contribution in [0.1, 0.15) is 22.1 Å². The lowest BCUT2D eigenvalue weighted by Crippen LogP contribution is -2.21. The third-order valence-electron chi connectivity index (χ3n) is 3.78. The molecule has 4 rings (SSSR count). The van der Waals surface area contributed by atoms with Crippen LogP contribution in [0.5, 0.6) is 5.75 Å². The molecule has 0 saturated carbocycles. The number of carbonyl (C=O) groups is 1. The maximum Gasteiger partial charge on any atom is 0.273 e. The van der Waals surface area contributed by atoms with E-state index in [1.165, 1.54) is 6.20 Å². The summed E-state index contributed by atoms with van der Waals surface area (Å²) in [4.78, 5) is 16.3. The fraction of sp³-hybridized carbons (Fsp3) is 0.188. The Morgan fingerprint density at radius 3 is 3.00 bits per heavy atom. The van der Waals surface area contributed by atoms with Gasteiger partial charge in [0, 0.05) is 7.05 Å². The van der Waals surface area contributed by atoms with Crippen molar-refractivity contribution >= 4 is 17.3 Å². The monoisotopic (exact) mass is 337 g/mol. The van der Waals surface area contributed by atoms with E-state index in [2.05, 4.69) is 30.9 Å². The number of hydrogen-bond acceptors (Lipinski definition) is 7. The molecule has 0 radical (unpaired) electrons. The molecule has 1 amide bonds. The molecule has 25 heavy (non-hydrogen) atoms. The highest BCUT2D eigenvalue weighted by atomic mass is 16.5. The molecule has 0 bridgehead atoms. The van der Waals surface area contributed by atoms with Crippen LogP contribution in [0.15, 0.2) is 30.5 Å². The molecule has 1 aliphatic rings. The Labute approximate surface area is 143 Å². The number of ether oxygens (including phenoxy) is 1. The van der Waals surface area contributed by atoms with Gasteiger partial charge < -0.3 is 15.4 Å². The standard InChI is InChI=1S/C16H15N7O2/c1-9-19-13-8-25-15-11(4-3-5-12(15)23(13)22-9)20-10-6-7-18-21-14(10)16(24)17-2/h3-7H,8H2,1-2H3,(H,17,24)(H,18,20). The Hall–Kier alpha value is -3.49. The minimum absolute atomic E-state index is 0.204. The van der Waals surface area contributed by atoms with Crippen molar-refractivity contribution in [1.82, 2.24) is 30.3 Å². The molecule has 126 valence electrons. The normalized spacial score (nSPS) is 11.9. The highest BCUT2D eigenvalue weighted by Gasteiger charge is 2.23. The number of aryl methyl sites for hydroxylation is 1. The second-order valence-electron chi connectivity index (χ2n) is 5.43. The summed E-state index contributed by atoms with van der Waals surface area (Å²) in [5.41, 5.74) is 2.23. The van der Waals surface area contributed by atoms with E-state index in [-0.39, 0.29) is 11.6 Å². The van der Waals surface area contributed by atoms with E-state index in [1.54, 1.807) is 17.8 Å². The number of nitrogens with one attached hydrogen (secondary N) is 2. The third kappa shape index (κ3) is 2.55. The first kappa shape index (κ1) is 15.1. The molecule has 0 fully saturated rings. The molecular formula is C16H15N7O2. The largest absolute Gasteiger partial charge is 0.481 e. The van der Waals surface area contributed by atoms with E-state index in [0.29, 0.717) is 29.6 Å². The highest BCUT2D eigenvalue weighted by Crippen LogP contribution is 2.37. The van der Waals surface area contributed by atoms with Crippen LogP contribution >= 0.6 is 0 Å². The lowest BCUT2D eigenvalue weighted by atomic mass is 10.2. The van der Waals surface area contributed by atoms with Crippen molar-refractivity contribution < 1.29 is 9.53 Å². The van der Waals surface area contributed by atoms with Gasteiger partial charge in [0.25, 0.3) is 5.91 Å². The summed E-state index contributed by atoms with van der Waals surface area (Å²) in [6, 6.07) is 7.33. The van der Waals surface area contributed by atoms with E-state index in [1.807, 2.05) is 25.1 Å². The quantitative estimate of drug-likeness (QED) is 0.743. The zero-order chi connectivity index (χ0) is 17.4. The van der Waals surface area contributed by atoms with Gasteiger partial charge in [0.05, 0.1) is 17.6 Å². The van der Waals surface area contributed by atoms with Crippen LogP contribution < -0.4 is 15.4 Å². The first-order valence-electron chi connectivity index (χ1n) is 7.67. The van der Waals surface area contributed by atoms with Gasteiger partial charge in [-0.05, 0) is 25.1 Å². The van der Waals surface area contributed by atoms with Crippen molar-refractivity contribution in [3.63, 3.8) is 0 Å². The summed E-state index contributed by atoms with van der Waals surface area (Å²) in [5, 5.41) is 17.8. The van der Waals surface area contributed by atoms with Crippen molar-refractivity contribution in [2.75, 3.05) is 12.4 Å². The van der Waals surface area contributed by atoms with Crippen molar-refractivity contribution in [1.29, 1.82) is 0 Å². The van der Waals surface area contributed by atoms with Crippen molar-refractivity contribution in [3.05, 3.63) is 47.8 Å². The zero-order valence-corrected chi connectivity index (χ0v) is 13.6. The number of fused-ring (bicyclic) bond motifs is 3. The molecular weight excluding hydrogens is 322 g/mol. The molecule has 0 aliphatic carbocycles. The molecule has 0 atom stereocenters. The molecule has 2 N–H and O–H groups in total. The molecule has 1 aromatic carbocycles. The van der Waals surface area contributed by atoms with E-state index >= 15 is 0 Å². The molecule has 2 aromatic heterocycles. The Kier molecular flexibility index (Phi) is 3.53. The molecule has 9 nitrogen and oxygen atoms in total. The first-order valence-corrected chi connectivity index (χ1v) is 7.67. The van der Waals surface area contributed by atoms with Gasteiger partial charge in [-0.1, -0.05) is 6.07 Å². The first-order chi connectivity index (χ1) is 12.2. The summed E-state index contributed by atoms with van der Waals surface area (Å²) in [5.74, 6) is 1.75. The van der Waals surface area contributed by atoms with Crippen molar-refractivity contribution in [2.45, 2.75) is 13.5 Å². The van der Waals surface area contributed by atoms with Crippen LogP contribution in [0, 0.1) is 6.92 Å². The number of nitrogens with zero attached hydrogens (tertiary/aromatic N) is 5. The third-order valence-corrected chi connectivity index (χ3v) is 3.78. The Balaban J connectivity index is 1.76. The van der Waals surface area contributed by atoms with Crippen LogP contribution in [0.2, 0.25) is 0 Å². The van der Waals surface area contributed by atoms with Gasteiger partial charge in [-0.3, -0.25) is 4.79 Å². The summed E-state index contributed by atoms with van der Waals surface area (Å²) in [7, 11) is 1.54. The number of amides is 1. The van der Waals surface area contributed by atoms with E-state index in [4.69, 9.17) is 4.74 Å². The molecule has 0 unspecified atom stereocenters. The lowest BCUT2D eigenvalue weighted by Gasteiger charge is -2.21. The number of anilines is 2. The number of benzene rings is 1. The second kappa shape index (κ2) is 5.86. The minimum Gasteiger partial charge on any atom is -0.481 e. The van der Waals surface area contributed by atoms with Gasteiger partial charge in [-0.15, -0.1) is 5.10 Å². The van der Waals surface area contributed by atoms with Crippen LogP contribution in [-0.4, -0.2) is 37.9 Å². The Morgan fingerprint density at radius 1 is 1.28 bits per heavy atom. The van der Waals surface area contributed by atoms with E-state index in [9.17, 15) is 4.79 Å².